The maximum Gasteiger partial charge on any atom is 0.363 e. The molecule has 0 saturated heterocycles. The fraction of sp³-hybridized carbons (Fsp3) is 0.200. The Morgan fingerprint density at radius 2 is 1.52 bits per heavy atom. The molecule has 1 aliphatic rings. The number of nitrogens with zero attached hydrogens (tertiary/aromatic N) is 1. The third-order valence-corrected chi connectivity index (χ3v) is 3.95. The molecule has 1 heterocycles. The van der Waals surface area contributed by atoms with Gasteiger partial charge in [-0.2, -0.15) is 0 Å². The molecular formula is C20H19NO6. The highest BCUT2D eigenvalue weighted by Crippen LogP contribution is 2.29. The molecule has 0 aliphatic carbocycles. The lowest BCUT2D eigenvalue weighted by atomic mass is 10.1. The van der Waals surface area contributed by atoms with Gasteiger partial charge in [-0.3, -0.25) is 0 Å². The molecule has 0 amide bonds. The number of aliphatic imine (C=N–C) groups is 1. The van der Waals surface area contributed by atoms with E-state index in [4.69, 9.17) is 23.7 Å². The molecule has 1 aliphatic heterocycles. The fourth-order valence-corrected chi connectivity index (χ4v) is 2.55. The molecule has 140 valence electrons. The molecule has 0 fully saturated rings. The van der Waals surface area contributed by atoms with Gasteiger partial charge in [-0.05, 0) is 30.3 Å². The first-order valence-electron chi connectivity index (χ1n) is 8.06. The highest BCUT2D eigenvalue weighted by molar-refractivity contribution is 6.13. The van der Waals surface area contributed by atoms with Crippen molar-refractivity contribution in [3.63, 3.8) is 0 Å². The molecule has 0 atom stereocenters. The lowest BCUT2D eigenvalue weighted by molar-refractivity contribution is -0.129. The van der Waals surface area contributed by atoms with E-state index in [9.17, 15) is 4.79 Å². The van der Waals surface area contributed by atoms with Crippen molar-refractivity contribution in [1.29, 1.82) is 0 Å². The van der Waals surface area contributed by atoms with Crippen molar-refractivity contribution in [1.82, 2.24) is 0 Å². The summed E-state index contributed by atoms with van der Waals surface area (Å²) >= 11 is 0. The van der Waals surface area contributed by atoms with Crippen molar-refractivity contribution in [2.24, 2.45) is 4.99 Å². The lowest BCUT2D eigenvalue weighted by Gasteiger charge is -2.07. The monoisotopic (exact) mass is 369 g/mol. The number of carbonyl (C=O) groups is 1. The van der Waals surface area contributed by atoms with E-state index in [0.717, 1.165) is 0 Å². The molecule has 0 radical (unpaired) electrons. The van der Waals surface area contributed by atoms with Crippen LogP contribution in [0, 0.1) is 0 Å². The van der Waals surface area contributed by atoms with Crippen LogP contribution in [-0.4, -0.2) is 40.3 Å². The molecule has 0 N–H and O–H groups in total. The number of ether oxygens (including phenoxy) is 5. The van der Waals surface area contributed by atoms with Gasteiger partial charge in [-0.15, -0.1) is 0 Å². The molecule has 0 spiro atoms. The number of esters is 1. The third-order valence-electron chi connectivity index (χ3n) is 3.95. The zero-order chi connectivity index (χ0) is 19.4. The van der Waals surface area contributed by atoms with Crippen LogP contribution in [0.4, 0.5) is 0 Å². The van der Waals surface area contributed by atoms with E-state index in [1.54, 1.807) is 70.9 Å². The lowest BCUT2D eigenvalue weighted by Crippen LogP contribution is -2.06. The van der Waals surface area contributed by atoms with Gasteiger partial charge in [0, 0.05) is 23.3 Å². The van der Waals surface area contributed by atoms with Crippen LogP contribution in [0.5, 0.6) is 23.0 Å². The van der Waals surface area contributed by atoms with E-state index in [2.05, 4.69) is 4.99 Å². The Kier molecular flexibility index (Phi) is 5.30. The van der Waals surface area contributed by atoms with Gasteiger partial charge in [0.05, 0.1) is 28.4 Å². The standard InChI is InChI=1S/C20H19NO6/c1-23-14-6-5-12(18(11-14)26-4)9-17-20(22)27-19(21-17)13-7-15(24-2)10-16(8-13)25-3/h5-11H,1-4H3/b17-9+. The van der Waals surface area contributed by atoms with Crippen molar-refractivity contribution < 1.29 is 28.5 Å². The minimum absolute atomic E-state index is 0.162. The Balaban J connectivity index is 1.98. The second-order valence-electron chi connectivity index (χ2n) is 5.55. The Bertz CT molecular complexity index is 910. The maximum atomic E-state index is 12.3. The molecular weight excluding hydrogens is 350 g/mol. The summed E-state index contributed by atoms with van der Waals surface area (Å²) in [5, 5.41) is 0. The van der Waals surface area contributed by atoms with Crippen LogP contribution in [0.1, 0.15) is 11.1 Å². The van der Waals surface area contributed by atoms with Crippen molar-refractivity contribution in [2.75, 3.05) is 28.4 Å². The zero-order valence-electron chi connectivity index (χ0n) is 15.4. The second-order valence-corrected chi connectivity index (χ2v) is 5.55. The van der Waals surface area contributed by atoms with Gasteiger partial charge in [-0.25, -0.2) is 9.79 Å². The topological polar surface area (TPSA) is 75.6 Å². The number of methoxy groups -OCH3 is 4. The van der Waals surface area contributed by atoms with Gasteiger partial charge in [0.2, 0.25) is 5.90 Å². The predicted molar refractivity (Wildman–Crippen MR) is 99.7 cm³/mol. The molecule has 0 saturated carbocycles. The average molecular weight is 369 g/mol. The molecule has 27 heavy (non-hydrogen) atoms. The molecule has 2 aromatic carbocycles. The minimum atomic E-state index is -0.551. The molecule has 7 heteroatoms. The van der Waals surface area contributed by atoms with Gasteiger partial charge in [0.15, 0.2) is 5.70 Å². The van der Waals surface area contributed by atoms with Crippen LogP contribution in [0.25, 0.3) is 6.08 Å². The third kappa shape index (κ3) is 3.87. The van der Waals surface area contributed by atoms with Gasteiger partial charge in [0.25, 0.3) is 0 Å². The molecule has 7 nitrogen and oxygen atoms in total. The van der Waals surface area contributed by atoms with Crippen LogP contribution in [-0.2, 0) is 9.53 Å². The second kappa shape index (κ2) is 7.82. The largest absolute Gasteiger partial charge is 0.497 e. The quantitative estimate of drug-likeness (QED) is 0.575. The summed E-state index contributed by atoms with van der Waals surface area (Å²) in [7, 11) is 6.20. The fourth-order valence-electron chi connectivity index (χ4n) is 2.55. The first-order chi connectivity index (χ1) is 13.1. The molecule has 3 rings (SSSR count). The number of carbonyl (C=O) groups excluding carboxylic acids is 1. The Labute approximate surface area is 156 Å². The maximum absolute atomic E-state index is 12.3. The van der Waals surface area contributed by atoms with Crippen LogP contribution in [0.2, 0.25) is 0 Å². The number of hydrogen-bond donors (Lipinski definition) is 0. The molecule has 0 aromatic heterocycles. The number of benzene rings is 2. The van der Waals surface area contributed by atoms with Crippen LogP contribution >= 0.6 is 0 Å². The van der Waals surface area contributed by atoms with E-state index < -0.39 is 5.97 Å². The highest BCUT2D eigenvalue weighted by Gasteiger charge is 2.25. The molecule has 2 aromatic rings. The number of cyclic esters (lactones) is 1. The first kappa shape index (κ1) is 18.3. The SMILES string of the molecule is COc1cc(OC)cc(C2=N/C(=C/c3ccc(OC)cc3OC)C(=O)O2)c1. The van der Waals surface area contributed by atoms with E-state index >= 15 is 0 Å². The Hall–Kier alpha value is -3.48. The van der Waals surface area contributed by atoms with Crippen LogP contribution in [0.3, 0.4) is 0 Å². The van der Waals surface area contributed by atoms with E-state index in [0.29, 0.717) is 34.1 Å². The van der Waals surface area contributed by atoms with Crippen molar-refractivity contribution >= 4 is 17.9 Å². The number of hydrogen-bond acceptors (Lipinski definition) is 7. The minimum Gasteiger partial charge on any atom is -0.497 e. The number of rotatable bonds is 6. The van der Waals surface area contributed by atoms with E-state index in [1.165, 1.54) is 0 Å². The van der Waals surface area contributed by atoms with Gasteiger partial charge in [0.1, 0.15) is 23.0 Å². The molecule has 0 unspecified atom stereocenters. The summed E-state index contributed by atoms with van der Waals surface area (Å²) in [6.45, 7) is 0. The van der Waals surface area contributed by atoms with E-state index in [-0.39, 0.29) is 11.6 Å². The van der Waals surface area contributed by atoms with E-state index in [1.807, 2.05) is 0 Å². The summed E-state index contributed by atoms with van der Waals surface area (Å²) < 4.78 is 26.3. The Morgan fingerprint density at radius 1 is 0.852 bits per heavy atom. The molecule has 0 bridgehead atoms. The summed E-state index contributed by atoms with van der Waals surface area (Å²) in [5.41, 5.74) is 1.42. The summed E-state index contributed by atoms with van der Waals surface area (Å²) in [4.78, 5) is 16.6. The summed E-state index contributed by atoms with van der Waals surface area (Å²) in [6.07, 6.45) is 1.60. The summed E-state index contributed by atoms with van der Waals surface area (Å²) in [5.74, 6) is 1.97. The zero-order valence-corrected chi connectivity index (χ0v) is 15.4. The van der Waals surface area contributed by atoms with Crippen molar-refractivity contribution in [3.8, 4) is 23.0 Å². The first-order valence-corrected chi connectivity index (χ1v) is 8.06. The summed E-state index contributed by atoms with van der Waals surface area (Å²) in [6, 6.07) is 10.4. The van der Waals surface area contributed by atoms with Crippen molar-refractivity contribution in [2.45, 2.75) is 0 Å². The highest BCUT2D eigenvalue weighted by atomic mass is 16.6. The predicted octanol–water partition coefficient (Wildman–Crippen LogP) is 3.07. The van der Waals surface area contributed by atoms with Gasteiger partial charge in [-0.1, -0.05) is 0 Å². The normalized spacial score (nSPS) is 14.6. The van der Waals surface area contributed by atoms with Gasteiger partial charge >= 0.3 is 5.97 Å². The van der Waals surface area contributed by atoms with Crippen LogP contribution < -0.4 is 18.9 Å². The smallest absolute Gasteiger partial charge is 0.363 e. The van der Waals surface area contributed by atoms with Crippen LogP contribution in [0.15, 0.2) is 47.1 Å². The van der Waals surface area contributed by atoms with Crippen molar-refractivity contribution in [3.05, 3.63) is 53.2 Å². The average Bonchev–Trinajstić information content (AvgIpc) is 3.08. The Morgan fingerprint density at radius 3 is 2.11 bits per heavy atom. The van der Waals surface area contributed by atoms with Gasteiger partial charge < -0.3 is 23.7 Å².